The highest BCUT2D eigenvalue weighted by Gasteiger charge is 2.32. The highest BCUT2D eigenvalue weighted by atomic mass is 35.5. The summed E-state index contributed by atoms with van der Waals surface area (Å²) in [4.78, 5) is 28.9. The van der Waals surface area contributed by atoms with Crippen LogP contribution in [-0.4, -0.2) is 53.8 Å². The first-order valence-electron chi connectivity index (χ1n) is 11.3. The van der Waals surface area contributed by atoms with E-state index in [1.54, 1.807) is 0 Å². The molecular weight excluding hydrogens is 433 g/mol. The molecule has 0 atom stereocenters. The standard InChI is InChI=1S/C24H29ClFN3O3/c1-3-4-5-6-18(25)20-21-16(13-19(26)22(20)28-11-9-27(2)10-12-28)23(30)17(24(31)32)14-29(21)15-7-8-15/h6,13-15H,3-5,7-12H2,1-2H3,(H,31,32). The van der Waals surface area contributed by atoms with E-state index in [0.717, 1.165) is 45.2 Å². The lowest BCUT2D eigenvalue weighted by Gasteiger charge is -2.36. The fraction of sp³-hybridized carbons (Fsp3) is 0.500. The van der Waals surface area contributed by atoms with E-state index < -0.39 is 17.2 Å². The molecule has 2 aromatic rings. The molecule has 1 N–H and O–H groups in total. The zero-order valence-corrected chi connectivity index (χ0v) is 19.3. The molecule has 0 bridgehead atoms. The second-order valence-corrected chi connectivity index (χ2v) is 9.19. The van der Waals surface area contributed by atoms with Crippen LogP contribution in [0.25, 0.3) is 15.9 Å². The summed E-state index contributed by atoms with van der Waals surface area (Å²) < 4.78 is 17.5. The third-order valence-corrected chi connectivity index (χ3v) is 6.70. The first-order chi connectivity index (χ1) is 15.3. The first-order valence-corrected chi connectivity index (χ1v) is 11.7. The number of likely N-dealkylation sites (N-methyl/N-ethyl adjacent to an activating group) is 1. The fourth-order valence-corrected chi connectivity index (χ4v) is 4.66. The van der Waals surface area contributed by atoms with Crippen LogP contribution >= 0.6 is 11.6 Å². The third-order valence-electron chi connectivity index (χ3n) is 6.35. The Balaban J connectivity index is 2.03. The van der Waals surface area contributed by atoms with Crippen molar-refractivity contribution in [2.75, 3.05) is 38.1 Å². The molecular formula is C24H29ClFN3O3. The molecule has 1 aromatic heterocycles. The summed E-state index contributed by atoms with van der Waals surface area (Å²) in [5.41, 5.74) is 0.430. The smallest absolute Gasteiger partial charge is 0.341 e. The SMILES string of the molecule is CCCCC=C(Cl)c1c(N2CCN(C)CC2)c(F)cc2c(=O)c(C(=O)O)cn(C3CC3)c12. The molecule has 2 heterocycles. The number of nitrogens with zero attached hydrogens (tertiary/aromatic N) is 3. The van der Waals surface area contributed by atoms with Crippen LogP contribution in [0.4, 0.5) is 10.1 Å². The number of halogens is 2. The summed E-state index contributed by atoms with van der Waals surface area (Å²) in [7, 11) is 2.03. The van der Waals surface area contributed by atoms with Gasteiger partial charge in [0.25, 0.3) is 0 Å². The number of carboxylic acids is 1. The predicted octanol–water partition coefficient (Wildman–Crippen LogP) is 4.70. The lowest BCUT2D eigenvalue weighted by atomic mass is 10.0. The Kier molecular flexibility index (Phi) is 6.58. The normalized spacial score (nSPS) is 17.9. The van der Waals surface area contributed by atoms with E-state index in [1.807, 2.05) is 22.6 Å². The van der Waals surface area contributed by atoms with E-state index >= 15 is 4.39 Å². The van der Waals surface area contributed by atoms with E-state index in [0.29, 0.717) is 34.9 Å². The summed E-state index contributed by atoms with van der Waals surface area (Å²) in [6.07, 6.45) is 7.78. The van der Waals surface area contributed by atoms with E-state index in [4.69, 9.17) is 11.6 Å². The van der Waals surface area contributed by atoms with Crippen molar-refractivity contribution in [3.8, 4) is 0 Å². The van der Waals surface area contributed by atoms with E-state index in [-0.39, 0.29) is 17.0 Å². The van der Waals surface area contributed by atoms with Crippen molar-refractivity contribution in [3.63, 3.8) is 0 Å². The molecule has 1 aromatic carbocycles. The number of hydrogen-bond donors (Lipinski definition) is 1. The average molecular weight is 462 g/mol. The summed E-state index contributed by atoms with van der Waals surface area (Å²) in [6, 6.07) is 1.29. The number of anilines is 1. The first kappa shape index (κ1) is 22.8. The molecule has 2 aliphatic rings. The zero-order chi connectivity index (χ0) is 23.0. The van der Waals surface area contributed by atoms with Crippen molar-refractivity contribution in [1.82, 2.24) is 9.47 Å². The molecule has 0 radical (unpaired) electrons. The van der Waals surface area contributed by atoms with Gasteiger partial charge in [0, 0.05) is 49.0 Å². The van der Waals surface area contributed by atoms with Gasteiger partial charge in [-0.15, -0.1) is 0 Å². The molecule has 1 saturated heterocycles. The zero-order valence-electron chi connectivity index (χ0n) is 18.5. The minimum absolute atomic E-state index is 0.0734. The van der Waals surface area contributed by atoms with Crippen LogP contribution in [0.15, 0.2) is 23.1 Å². The van der Waals surface area contributed by atoms with Gasteiger partial charge in [-0.1, -0.05) is 37.4 Å². The number of aromatic nitrogens is 1. The summed E-state index contributed by atoms with van der Waals surface area (Å²) in [6.45, 7) is 4.97. The number of carboxylic acid groups (broad SMARTS) is 1. The van der Waals surface area contributed by atoms with Crippen molar-refractivity contribution in [2.24, 2.45) is 0 Å². The number of pyridine rings is 1. The number of piperazine rings is 1. The number of fused-ring (bicyclic) bond motifs is 1. The van der Waals surface area contributed by atoms with Crippen molar-refractivity contribution in [1.29, 1.82) is 0 Å². The topological polar surface area (TPSA) is 65.8 Å². The van der Waals surface area contributed by atoms with Gasteiger partial charge >= 0.3 is 5.97 Å². The lowest BCUT2D eigenvalue weighted by Crippen LogP contribution is -2.45. The van der Waals surface area contributed by atoms with Gasteiger partial charge in [-0.3, -0.25) is 4.79 Å². The molecule has 8 heteroatoms. The highest BCUT2D eigenvalue weighted by molar-refractivity contribution is 6.50. The van der Waals surface area contributed by atoms with Crippen LogP contribution in [0.3, 0.4) is 0 Å². The van der Waals surface area contributed by atoms with Crippen LogP contribution in [-0.2, 0) is 0 Å². The van der Waals surface area contributed by atoms with E-state index in [1.165, 1.54) is 12.3 Å². The van der Waals surface area contributed by atoms with Crippen LogP contribution in [0, 0.1) is 5.82 Å². The fourth-order valence-electron chi connectivity index (χ4n) is 4.37. The predicted molar refractivity (Wildman–Crippen MR) is 126 cm³/mol. The second kappa shape index (κ2) is 9.24. The Labute approximate surface area is 191 Å². The molecule has 6 nitrogen and oxygen atoms in total. The molecule has 172 valence electrons. The number of aromatic carboxylic acids is 1. The van der Waals surface area contributed by atoms with Crippen LogP contribution < -0.4 is 10.3 Å². The quantitative estimate of drug-likeness (QED) is 0.605. The van der Waals surface area contributed by atoms with Gasteiger partial charge in [0.2, 0.25) is 5.43 Å². The molecule has 1 saturated carbocycles. The van der Waals surface area contributed by atoms with Crippen LogP contribution in [0.5, 0.6) is 0 Å². The number of rotatable bonds is 7. The van der Waals surface area contributed by atoms with Gasteiger partial charge in [-0.05, 0) is 32.4 Å². The number of unbranched alkanes of at least 4 members (excludes halogenated alkanes) is 2. The van der Waals surface area contributed by atoms with Crippen LogP contribution in [0.1, 0.15) is 61.0 Å². The molecule has 1 aliphatic carbocycles. The molecule has 32 heavy (non-hydrogen) atoms. The van der Waals surface area contributed by atoms with Crippen molar-refractivity contribution in [3.05, 3.63) is 45.5 Å². The average Bonchev–Trinajstić information content (AvgIpc) is 3.59. The maximum absolute atomic E-state index is 15.6. The number of carbonyl (C=O) groups is 1. The Hall–Kier alpha value is -2.38. The summed E-state index contributed by atoms with van der Waals surface area (Å²) in [5.74, 6) is -1.85. The van der Waals surface area contributed by atoms with Gasteiger partial charge in [0.05, 0.1) is 16.6 Å². The molecule has 1 aliphatic heterocycles. The maximum Gasteiger partial charge on any atom is 0.341 e. The van der Waals surface area contributed by atoms with Crippen LogP contribution in [0.2, 0.25) is 0 Å². The van der Waals surface area contributed by atoms with Crippen molar-refractivity contribution in [2.45, 2.75) is 45.1 Å². The van der Waals surface area contributed by atoms with E-state index in [9.17, 15) is 14.7 Å². The van der Waals surface area contributed by atoms with Gasteiger partial charge in [0.15, 0.2) is 0 Å². The monoisotopic (exact) mass is 461 g/mol. The lowest BCUT2D eigenvalue weighted by molar-refractivity contribution is 0.0695. The van der Waals surface area contributed by atoms with Crippen molar-refractivity contribution >= 4 is 39.2 Å². The molecule has 0 spiro atoms. The minimum atomic E-state index is -1.30. The number of hydrogen-bond acceptors (Lipinski definition) is 4. The summed E-state index contributed by atoms with van der Waals surface area (Å²) >= 11 is 6.82. The molecule has 2 fully saturated rings. The minimum Gasteiger partial charge on any atom is -0.477 e. The van der Waals surface area contributed by atoms with E-state index in [2.05, 4.69) is 11.8 Å². The van der Waals surface area contributed by atoms with Gasteiger partial charge < -0.3 is 19.5 Å². The van der Waals surface area contributed by atoms with Crippen molar-refractivity contribution < 1.29 is 14.3 Å². The second-order valence-electron chi connectivity index (χ2n) is 8.78. The third kappa shape index (κ3) is 4.28. The van der Waals surface area contributed by atoms with Gasteiger partial charge in [-0.25, -0.2) is 9.18 Å². The Morgan fingerprint density at radius 1 is 1.28 bits per heavy atom. The number of allylic oxidation sites excluding steroid dienone is 1. The Morgan fingerprint density at radius 2 is 1.97 bits per heavy atom. The maximum atomic E-state index is 15.6. The summed E-state index contributed by atoms with van der Waals surface area (Å²) in [5, 5.41) is 10.1. The largest absolute Gasteiger partial charge is 0.477 e. The number of benzene rings is 1. The Morgan fingerprint density at radius 3 is 2.56 bits per heavy atom. The van der Waals surface area contributed by atoms with Gasteiger partial charge in [-0.2, -0.15) is 0 Å². The molecule has 4 rings (SSSR count). The molecule has 0 unspecified atom stereocenters. The highest BCUT2D eigenvalue weighted by Crippen LogP contribution is 2.43. The molecule has 0 amide bonds. The Bertz CT molecular complexity index is 1130. The van der Waals surface area contributed by atoms with Gasteiger partial charge in [0.1, 0.15) is 11.4 Å².